The minimum atomic E-state index is -0.268. The maximum absolute atomic E-state index is 12.2. The molecular formula is C17H13Br2ClN2O2S. The third kappa shape index (κ3) is 4.34. The number of hydrogen-bond acceptors (Lipinski definition) is 4. The number of hydrogen-bond donors (Lipinski definition) is 1. The Kier molecular flexibility index (Phi) is 5.68. The number of nitrogens with zero attached hydrogens (tertiary/aromatic N) is 1. The number of aromatic nitrogens is 1. The van der Waals surface area contributed by atoms with Crippen LogP contribution in [0, 0.1) is 13.8 Å². The third-order valence-corrected chi connectivity index (χ3v) is 5.84. The van der Waals surface area contributed by atoms with Crippen molar-refractivity contribution >= 4 is 76.1 Å². The summed E-state index contributed by atoms with van der Waals surface area (Å²) in [5, 5.41) is 3.95. The fraction of sp³-hybridized carbons (Fsp3) is 0.176. The molecule has 2 aromatic carbocycles. The van der Waals surface area contributed by atoms with Crippen molar-refractivity contribution in [3.05, 3.63) is 49.4 Å². The lowest BCUT2D eigenvalue weighted by Crippen LogP contribution is -2.20. The summed E-state index contributed by atoms with van der Waals surface area (Å²) in [7, 11) is 0. The van der Waals surface area contributed by atoms with Gasteiger partial charge in [0.25, 0.3) is 5.91 Å². The lowest BCUT2D eigenvalue weighted by atomic mass is 10.2. The monoisotopic (exact) mass is 502 g/mol. The molecule has 0 saturated heterocycles. The SMILES string of the molecule is Cc1cc2sc(NC(=O)COc3c(C)cc(Br)cc3Br)nc2cc1Cl. The number of fused-ring (bicyclic) bond motifs is 1. The first kappa shape index (κ1) is 18.6. The summed E-state index contributed by atoms with van der Waals surface area (Å²) in [5.41, 5.74) is 2.68. The highest BCUT2D eigenvalue weighted by Crippen LogP contribution is 2.33. The second-order valence-electron chi connectivity index (χ2n) is 5.46. The zero-order valence-electron chi connectivity index (χ0n) is 13.3. The van der Waals surface area contributed by atoms with E-state index >= 15 is 0 Å². The molecule has 3 rings (SSSR count). The summed E-state index contributed by atoms with van der Waals surface area (Å²) in [5.74, 6) is 0.376. The Bertz CT molecular complexity index is 913. The Morgan fingerprint density at radius 2 is 2.00 bits per heavy atom. The Morgan fingerprint density at radius 1 is 1.24 bits per heavy atom. The molecule has 4 nitrogen and oxygen atoms in total. The number of halogens is 3. The molecule has 1 N–H and O–H groups in total. The van der Waals surface area contributed by atoms with Crippen molar-refractivity contribution in [2.75, 3.05) is 11.9 Å². The van der Waals surface area contributed by atoms with Gasteiger partial charge in [-0.25, -0.2) is 4.98 Å². The minimum absolute atomic E-state index is 0.100. The summed E-state index contributed by atoms with van der Waals surface area (Å²) in [6.07, 6.45) is 0. The van der Waals surface area contributed by atoms with E-state index in [1.165, 1.54) is 11.3 Å². The number of anilines is 1. The minimum Gasteiger partial charge on any atom is -0.482 e. The van der Waals surface area contributed by atoms with E-state index in [1.54, 1.807) is 6.07 Å². The smallest absolute Gasteiger partial charge is 0.264 e. The van der Waals surface area contributed by atoms with Crippen LogP contribution in [-0.2, 0) is 4.79 Å². The Hall–Kier alpha value is -1.15. The van der Waals surface area contributed by atoms with Crippen molar-refractivity contribution in [1.82, 2.24) is 4.98 Å². The Morgan fingerprint density at radius 3 is 2.72 bits per heavy atom. The van der Waals surface area contributed by atoms with Crippen LogP contribution in [0.25, 0.3) is 10.2 Å². The van der Waals surface area contributed by atoms with Crippen molar-refractivity contribution < 1.29 is 9.53 Å². The maximum atomic E-state index is 12.2. The molecule has 0 radical (unpaired) electrons. The topological polar surface area (TPSA) is 51.2 Å². The lowest BCUT2D eigenvalue weighted by molar-refractivity contribution is -0.118. The highest BCUT2D eigenvalue weighted by molar-refractivity contribution is 9.11. The highest BCUT2D eigenvalue weighted by Gasteiger charge is 2.12. The fourth-order valence-corrected chi connectivity index (χ4v) is 4.94. The van der Waals surface area contributed by atoms with Crippen LogP contribution in [0.2, 0.25) is 5.02 Å². The number of ether oxygens (including phenoxy) is 1. The number of carbonyl (C=O) groups excluding carboxylic acids is 1. The van der Waals surface area contributed by atoms with E-state index in [2.05, 4.69) is 42.2 Å². The Balaban J connectivity index is 1.69. The van der Waals surface area contributed by atoms with Crippen LogP contribution >= 0.6 is 54.8 Å². The molecule has 0 saturated carbocycles. The number of amides is 1. The van der Waals surface area contributed by atoms with E-state index in [0.29, 0.717) is 15.9 Å². The van der Waals surface area contributed by atoms with Crippen molar-refractivity contribution in [1.29, 1.82) is 0 Å². The average Bonchev–Trinajstić information content (AvgIpc) is 2.87. The molecule has 25 heavy (non-hydrogen) atoms. The zero-order chi connectivity index (χ0) is 18.1. The van der Waals surface area contributed by atoms with Crippen molar-refractivity contribution in [3.8, 4) is 5.75 Å². The number of benzene rings is 2. The molecule has 0 aliphatic rings. The van der Waals surface area contributed by atoms with Gasteiger partial charge in [-0.1, -0.05) is 38.9 Å². The second-order valence-corrected chi connectivity index (χ2v) is 8.67. The standard InChI is InChI=1S/C17H13Br2ClN2O2S/c1-8-4-14-13(6-12(8)20)21-17(25-14)22-15(23)7-24-16-9(2)3-10(18)5-11(16)19/h3-6H,7H2,1-2H3,(H,21,22,23). The van der Waals surface area contributed by atoms with Gasteiger partial charge < -0.3 is 4.74 Å². The predicted octanol–water partition coefficient (Wildman–Crippen LogP) is 6.11. The van der Waals surface area contributed by atoms with E-state index in [0.717, 1.165) is 30.3 Å². The van der Waals surface area contributed by atoms with Crippen LogP contribution < -0.4 is 10.1 Å². The van der Waals surface area contributed by atoms with Gasteiger partial charge in [-0.2, -0.15) is 0 Å². The van der Waals surface area contributed by atoms with Crippen molar-refractivity contribution in [3.63, 3.8) is 0 Å². The van der Waals surface area contributed by atoms with E-state index in [9.17, 15) is 4.79 Å². The van der Waals surface area contributed by atoms with Gasteiger partial charge in [-0.3, -0.25) is 10.1 Å². The summed E-state index contributed by atoms with van der Waals surface area (Å²) < 4.78 is 8.35. The van der Waals surface area contributed by atoms with Gasteiger partial charge in [0.15, 0.2) is 11.7 Å². The number of nitrogens with one attached hydrogen (secondary N) is 1. The molecule has 1 aromatic heterocycles. The quantitative estimate of drug-likeness (QED) is 0.467. The molecule has 130 valence electrons. The molecule has 0 fully saturated rings. The second kappa shape index (κ2) is 7.61. The van der Waals surface area contributed by atoms with E-state index in [4.69, 9.17) is 16.3 Å². The average molecular weight is 505 g/mol. The van der Waals surface area contributed by atoms with Gasteiger partial charge >= 0.3 is 0 Å². The first-order chi connectivity index (χ1) is 11.8. The van der Waals surface area contributed by atoms with E-state index in [-0.39, 0.29) is 12.5 Å². The Labute approximate surface area is 170 Å². The molecule has 0 aliphatic carbocycles. The summed E-state index contributed by atoms with van der Waals surface area (Å²) >= 11 is 14.4. The molecule has 0 spiro atoms. The first-order valence-electron chi connectivity index (χ1n) is 7.28. The fourth-order valence-electron chi connectivity index (χ4n) is 2.27. The van der Waals surface area contributed by atoms with Crippen LogP contribution in [-0.4, -0.2) is 17.5 Å². The number of aryl methyl sites for hydroxylation is 2. The van der Waals surface area contributed by atoms with Gasteiger partial charge in [0.2, 0.25) is 0 Å². The first-order valence-corrected chi connectivity index (χ1v) is 10.1. The van der Waals surface area contributed by atoms with Crippen molar-refractivity contribution in [2.24, 2.45) is 0 Å². The van der Waals surface area contributed by atoms with Gasteiger partial charge in [0.05, 0.1) is 14.7 Å². The normalized spacial score (nSPS) is 10.9. The molecular weight excluding hydrogens is 492 g/mol. The van der Waals surface area contributed by atoms with Gasteiger partial charge in [-0.15, -0.1) is 0 Å². The molecule has 0 unspecified atom stereocenters. The lowest BCUT2D eigenvalue weighted by Gasteiger charge is -2.11. The molecule has 1 heterocycles. The molecule has 3 aromatic rings. The van der Waals surface area contributed by atoms with Crippen molar-refractivity contribution in [2.45, 2.75) is 13.8 Å². The van der Waals surface area contributed by atoms with Gasteiger partial charge in [0, 0.05) is 9.50 Å². The molecule has 0 aliphatic heterocycles. The summed E-state index contributed by atoms with van der Waals surface area (Å²) in [6, 6.07) is 7.57. The van der Waals surface area contributed by atoms with Crippen LogP contribution in [0.1, 0.15) is 11.1 Å². The predicted molar refractivity (Wildman–Crippen MR) is 110 cm³/mol. The highest BCUT2D eigenvalue weighted by atomic mass is 79.9. The van der Waals surface area contributed by atoms with Crippen LogP contribution in [0.3, 0.4) is 0 Å². The largest absolute Gasteiger partial charge is 0.482 e. The summed E-state index contributed by atoms with van der Waals surface area (Å²) in [6.45, 7) is 3.76. The van der Waals surface area contributed by atoms with Crippen LogP contribution in [0.15, 0.2) is 33.2 Å². The number of carbonyl (C=O) groups is 1. The number of thiazole rings is 1. The van der Waals surface area contributed by atoms with E-state index < -0.39 is 0 Å². The summed E-state index contributed by atoms with van der Waals surface area (Å²) in [4.78, 5) is 16.6. The van der Waals surface area contributed by atoms with Crippen LogP contribution in [0.4, 0.5) is 5.13 Å². The zero-order valence-corrected chi connectivity index (χ0v) is 18.1. The molecule has 0 atom stereocenters. The van der Waals surface area contributed by atoms with E-state index in [1.807, 2.05) is 32.0 Å². The maximum Gasteiger partial charge on any atom is 0.264 e. The molecule has 1 amide bonds. The third-order valence-electron chi connectivity index (χ3n) is 3.46. The van der Waals surface area contributed by atoms with Gasteiger partial charge in [-0.05, 0) is 65.2 Å². The number of rotatable bonds is 4. The van der Waals surface area contributed by atoms with Crippen LogP contribution in [0.5, 0.6) is 5.75 Å². The van der Waals surface area contributed by atoms with Gasteiger partial charge in [0.1, 0.15) is 5.75 Å². The molecule has 0 bridgehead atoms. The molecule has 8 heteroatoms.